The van der Waals surface area contributed by atoms with Crippen LogP contribution >= 0.6 is 0 Å². The van der Waals surface area contributed by atoms with Crippen molar-refractivity contribution >= 4 is 16.7 Å². The second-order valence-electron chi connectivity index (χ2n) is 11.5. The standard InChI is InChI=1S/C18H30O2.C17H14N.Ir/c1-5-17(6-2)11-9-13-10-12-18(7-3,8-4)16(20)14(13)15(17)19;1-12-10-13(2)15-8-9-16(18-17(15)11-12)14-6-4-3-5-7-14;/h13,19H,5-12H2,1-4H3;3-6,8-11H,1-2H3;/q;-1;. The van der Waals surface area contributed by atoms with Crippen molar-refractivity contribution in [3.8, 4) is 11.3 Å². The number of hydrogen-bond donors (Lipinski definition) is 1. The average molecular weight is 703 g/mol. The number of allylic oxidation sites excluding steroid dienone is 2. The van der Waals surface area contributed by atoms with Crippen LogP contribution < -0.4 is 0 Å². The van der Waals surface area contributed by atoms with E-state index < -0.39 is 0 Å². The number of pyridine rings is 1. The fourth-order valence-corrected chi connectivity index (χ4v) is 6.78. The maximum absolute atomic E-state index is 13.1. The molecule has 0 amide bonds. The molecule has 1 radical (unpaired) electrons. The maximum atomic E-state index is 13.1. The molecule has 39 heavy (non-hydrogen) atoms. The first kappa shape index (κ1) is 31.2. The van der Waals surface area contributed by atoms with Crippen LogP contribution in [0.2, 0.25) is 0 Å². The number of rotatable bonds is 5. The van der Waals surface area contributed by atoms with E-state index in [2.05, 4.69) is 71.9 Å². The number of carbonyl (C=O) groups is 1. The van der Waals surface area contributed by atoms with Gasteiger partial charge in [-0.2, -0.15) is 0 Å². The van der Waals surface area contributed by atoms with Gasteiger partial charge in [-0.25, -0.2) is 0 Å². The van der Waals surface area contributed by atoms with Crippen molar-refractivity contribution in [3.63, 3.8) is 0 Å². The average Bonchev–Trinajstić information content (AvgIpc) is 2.94. The van der Waals surface area contributed by atoms with Crippen LogP contribution in [0.25, 0.3) is 22.2 Å². The quantitative estimate of drug-likeness (QED) is 0.270. The minimum Gasteiger partial charge on any atom is -0.511 e. The van der Waals surface area contributed by atoms with E-state index in [0.717, 1.165) is 73.7 Å². The number of benzene rings is 2. The summed E-state index contributed by atoms with van der Waals surface area (Å²) in [5.41, 5.74) is 6.09. The summed E-state index contributed by atoms with van der Waals surface area (Å²) in [4.78, 5) is 17.8. The Bertz CT molecular complexity index is 1320. The number of Topliss-reactive ketones (excluding diaryl/α,β-unsaturated/α-hetero) is 1. The van der Waals surface area contributed by atoms with E-state index in [-0.39, 0.29) is 36.7 Å². The van der Waals surface area contributed by atoms with Crippen molar-refractivity contribution in [2.45, 2.75) is 92.9 Å². The topological polar surface area (TPSA) is 50.2 Å². The van der Waals surface area contributed by atoms with E-state index in [1.165, 1.54) is 16.5 Å². The summed E-state index contributed by atoms with van der Waals surface area (Å²) in [6, 6.07) is 19.7. The van der Waals surface area contributed by atoms with Gasteiger partial charge in [0.1, 0.15) is 5.76 Å². The number of aliphatic hydroxyl groups is 1. The third-order valence-electron chi connectivity index (χ3n) is 9.68. The molecular weight excluding hydrogens is 659 g/mol. The molecule has 1 N–H and O–H groups in total. The van der Waals surface area contributed by atoms with Crippen LogP contribution in [0.4, 0.5) is 0 Å². The SMILES string of the molecule is CCC1(CC)CCC2CCC(CC)(CC)C(O)=C2C1=O.Cc1cc(C)c2ccc(-c3[c-]cccc3)nc2c1.[Ir]. The molecule has 1 atom stereocenters. The first-order chi connectivity index (χ1) is 18.2. The third kappa shape index (κ3) is 5.93. The van der Waals surface area contributed by atoms with Crippen molar-refractivity contribution < 1.29 is 30.0 Å². The van der Waals surface area contributed by atoms with E-state index >= 15 is 0 Å². The van der Waals surface area contributed by atoms with E-state index in [0.29, 0.717) is 11.7 Å². The molecule has 1 unspecified atom stereocenters. The zero-order chi connectivity index (χ0) is 27.5. The van der Waals surface area contributed by atoms with Gasteiger partial charge in [0, 0.05) is 41.9 Å². The van der Waals surface area contributed by atoms with Gasteiger partial charge in [-0.15, -0.1) is 35.9 Å². The minimum absolute atomic E-state index is 0. The molecular formula is C35H44IrNO2-. The Morgan fingerprint density at radius 2 is 1.56 bits per heavy atom. The zero-order valence-corrected chi connectivity index (χ0v) is 26.9. The van der Waals surface area contributed by atoms with E-state index in [1.54, 1.807) is 0 Å². The summed E-state index contributed by atoms with van der Waals surface area (Å²) in [5.74, 6) is 1.04. The molecule has 2 aliphatic carbocycles. The van der Waals surface area contributed by atoms with Gasteiger partial charge in [-0.3, -0.25) is 9.78 Å². The molecule has 0 spiro atoms. The van der Waals surface area contributed by atoms with Crippen LogP contribution in [0.1, 0.15) is 90.2 Å². The van der Waals surface area contributed by atoms with Gasteiger partial charge in [0.15, 0.2) is 5.78 Å². The van der Waals surface area contributed by atoms with Crippen molar-refractivity contribution in [2.24, 2.45) is 16.7 Å². The van der Waals surface area contributed by atoms with Crippen LogP contribution in [0, 0.1) is 36.7 Å². The van der Waals surface area contributed by atoms with Crippen LogP contribution in [0.5, 0.6) is 0 Å². The van der Waals surface area contributed by atoms with E-state index in [1.807, 2.05) is 24.3 Å². The summed E-state index contributed by atoms with van der Waals surface area (Å²) in [5, 5.41) is 12.1. The number of hydrogen-bond acceptors (Lipinski definition) is 3. The molecule has 1 aromatic heterocycles. The Balaban J connectivity index is 0.000000211. The molecule has 3 aromatic rings. The summed E-state index contributed by atoms with van der Waals surface area (Å²) < 4.78 is 0. The second kappa shape index (κ2) is 12.9. The fourth-order valence-electron chi connectivity index (χ4n) is 6.78. The number of nitrogens with zero attached hydrogens (tertiary/aromatic N) is 1. The fraction of sp³-hybridized carbons (Fsp3) is 0.486. The Hall–Kier alpha value is -2.29. The van der Waals surface area contributed by atoms with Crippen molar-refractivity contribution in [2.75, 3.05) is 0 Å². The number of aliphatic hydroxyl groups excluding tert-OH is 1. The van der Waals surface area contributed by atoms with Gasteiger partial charge in [0.25, 0.3) is 0 Å². The summed E-state index contributed by atoms with van der Waals surface area (Å²) >= 11 is 0. The van der Waals surface area contributed by atoms with Gasteiger partial charge in [-0.05, 0) is 94.0 Å². The van der Waals surface area contributed by atoms with Gasteiger partial charge in [-0.1, -0.05) is 45.9 Å². The van der Waals surface area contributed by atoms with Gasteiger partial charge < -0.3 is 5.11 Å². The first-order valence-corrected chi connectivity index (χ1v) is 14.6. The predicted octanol–water partition coefficient (Wildman–Crippen LogP) is 9.50. The van der Waals surface area contributed by atoms with E-state index in [9.17, 15) is 9.90 Å². The maximum Gasteiger partial charge on any atom is 0.168 e. The Morgan fingerprint density at radius 1 is 0.923 bits per heavy atom. The number of fused-ring (bicyclic) bond motifs is 2. The molecule has 1 saturated carbocycles. The Kier molecular flexibility index (Phi) is 10.3. The monoisotopic (exact) mass is 703 g/mol. The van der Waals surface area contributed by atoms with E-state index in [4.69, 9.17) is 4.98 Å². The third-order valence-corrected chi connectivity index (χ3v) is 9.68. The van der Waals surface area contributed by atoms with Crippen LogP contribution in [0.15, 0.2) is 59.9 Å². The zero-order valence-electron chi connectivity index (χ0n) is 24.5. The van der Waals surface area contributed by atoms with Gasteiger partial charge in [0.2, 0.25) is 0 Å². The first-order valence-electron chi connectivity index (χ1n) is 14.6. The predicted molar refractivity (Wildman–Crippen MR) is 158 cm³/mol. The molecule has 211 valence electrons. The van der Waals surface area contributed by atoms with Crippen LogP contribution in [0.3, 0.4) is 0 Å². The molecule has 2 aromatic carbocycles. The molecule has 4 heteroatoms. The summed E-state index contributed by atoms with van der Waals surface area (Å²) in [6.45, 7) is 12.8. The Morgan fingerprint density at radius 3 is 2.15 bits per heavy atom. The second-order valence-corrected chi connectivity index (χ2v) is 11.5. The molecule has 0 aliphatic heterocycles. The van der Waals surface area contributed by atoms with Crippen molar-refractivity contribution in [1.82, 2.24) is 4.98 Å². The summed E-state index contributed by atoms with van der Waals surface area (Å²) in [6.07, 6.45) is 7.87. The number of aryl methyl sites for hydroxylation is 2. The van der Waals surface area contributed by atoms with Crippen molar-refractivity contribution in [3.05, 3.63) is 77.1 Å². The van der Waals surface area contributed by atoms with Crippen LogP contribution in [-0.2, 0) is 24.9 Å². The molecule has 5 rings (SSSR count). The smallest absolute Gasteiger partial charge is 0.168 e. The molecule has 3 nitrogen and oxygen atoms in total. The number of aromatic nitrogens is 1. The number of ketones is 1. The van der Waals surface area contributed by atoms with Gasteiger partial charge >= 0.3 is 0 Å². The minimum atomic E-state index is -0.204. The Labute approximate surface area is 248 Å². The molecule has 1 fully saturated rings. The van der Waals surface area contributed by atoms with Crippen molar-refractivity contribution in [1.29, 1.82) is 0 Å². The largest absolute Gasteiger partial charge is 0.511 e. The molecule has 0 saturated heterocycles. The molecule has 2 aliphatic rings. The summed E-state index contributed by atoms with van der Waals surface area (Å²) in [7, 11) is 0. The molecule has 1 heterocycles. The number of carbonyl (C=O) groups excluding carboxylic acids is 1. The normalized spacial score (nSPS) is 19.5. The molecule has 0 bridgehead atoms. The van der Waals surface area contributed by atoms with Gasteiger partial charge in [0.05, 0.1) is 5.52 Å². The van der Waals surface area contributed by atoms with Crippen LogP contribution in [-0.4, -0.2) is 15.9 Å².